The van der Waals surface area contributed by atoms with Gasteiger partial charge in [-0.05, 0) is 41.1 Å². The number of ether oxygens (including phenoxy) is 2. The summed E-state index contributed by atoms with van der Waals surface area (Å²) in [5.41, 5.74) is 2.42. The Morgan fingerprint density at radius 3 is 2.68 bits per heavy atom. The fourth-order valence-electron chi connectivity index (χ4n) is 2.86. The van der Waals surface area contributed by atoms with E-state index in [1.165, 1.54) is 6.33 Å². The first-order valence-corrected chi connectivity index (χ1v) is 9.74. The van der Waals surface area contributed by atoms with Gasteiger partial charge in [0.25, 0.3) is 0 Å². The summed E-state index contributed by atoms with van der Waals surface area (Å²) in [6.07, 6.45) is 8.07. The van der Waals surface area contributed by atoms with Gasteiger partial charge in [-0.3, -0.25) is 4.98 Å². The van der Waals surface area contributed by atoms with Crippen molar-refractivity contribution in [2.24, 2.45) is 0 Å². The summed E-state index contributed by atoms with van der Waals surface area (Å²) in [6, 6.07) is 7.31. The van der Waals surface area contributed by atoms with Gasteiger partial charge in [-0.15, -0.1) is 5.10 Å². The fraction of sp³-hybridized carbons (Fsp3) is 0.200. The molecule has 0 aliphatic rings. The molecule has 4 aromatic rings. The van der Waals surface area contributed by atoms with E-state index >= 15 is 0 Å². The molecular weight excluding hydrogens is 420 g/mol. The Balaban J connectivity index is 1.48. The van der Waals surface area contributed by atoms with Gasteiger partial charge in [-0.2, -0.15) is 0 Å². The number of hydrogen-bond acceptors (Lipinski definition) is 9. The van der Waals surface area contributed by atoms with Crippen LogP contribution in [-0.4, -0.2) is 48.4 Å². The molecule has 0 aliphatic heterocycles. The van der Waals surface area contributed by atoms with E-state index in [1.807, 2.05) is 19.1 Å². The van der Waals surface area contributed by atoms with Crippen LogP contribution in [0.2, 0.25) is 5.02 Å². The number of anilines is 2. The lowest BCUT2D eigenvalue weighted by Gasteiger charge is -2.16. The second kappa shape index (κ2) is 9.35. The van der Waals surface area contributed by atoms with Crippen molar-refractivity contribution >= 4 is 23.2 Å². The highest BCUT2D eigenvalue weighted by molar-refractivity contribution is 6.32. The monoisotopic (exact) mass is 438 g/mol. The van der Waals surface area contributed by atoms with Crippen LogP contribution in [0.4, 0.5) is 11.6 Å². The van der Waals surface area contributed by atoms with Gasteiger partial charge in [0.2, 0.25) is 5.95 Å². The van der Waals surface area contributed by atoms with E-state index in [-0.39, 0.29) is 6.10 Å². The zero-order chi connectivity index (χ0) is 21.6. The number of nitrogens with zero attached hydrogens (tertiary/aromatic N) is 7. The molecule has 0 saturated heterocycles. The molecule has 0 aliphatic carbocycles. The maximum atomic E-state index is 6.32. The van der Waals surface area contributed by atoms with Gasteiger partial charge in [0.05, 0.1) is 30.6 Å². The number of rotatable bonds is 8. The Labute approximate surface area is 183 Å². The SMILES string of the molecule is COc1cnccc1Nc1ncc(-c2ccc(Cl)c(O[C@@H](C)Cn3cnnn3)c2)cn1. The summed E-state index contributed by atoms with van der Waals surface area (Å²) in [5, 5.41) is 14.7. The van der Waals surface area contributed by atoms with Crippen LogP contribution in [0, 0.1) is 0 Å². The smallest absolute Gasteiger partial charge is 0.227 e. The van der Waals surface area contributed by atoms with Crippen molar-refractivity contribution in [2.45, 2.75) is 19.6 Å². The highest BCUT2D eigenvalue weighted by atomic mass is 35.5. The molecule has 3 heterocycles. The minimum Gasteiger partial charge on any atom is -0.493 e. The van der Waals surface area contributed by atoms with Crippen LogP contribution in [0.1, 0.15) is 6.92 Å². The van der Waals surface area contributed by atoms with E-state index < -0.39 is 0 Å². The first-order chi connectivity index (χ1) is 15.1. The third-order valence-corrected chi connectivity index (χ3v) is 4.64. The van der Waals surface area contributed by atoms with Crippen LogP contribution in [-0.2, 0) is 6.54 Å². The van der Waals surface area contributed by atoms with Crippen LogP contribution in [0.25, 0.3) is 11.1 Å². The lowest BCUT2D eigenvalue weighted by molar-refractivity contribution is 0.193. The molecule has 0 unspecified atom stereocenters. The van der Waals surface area contributed by atoms with Gasteiger partial charge in [-0.25, -0.2) is 14.6 Å². The van der Waals surface area contributed by atoms with Crippen molar-refractivity contribution < 1.29 is 9.47 Å². The molecule has 1 N–H and O–H groups in total. The number of pyridine rings is 1. The van der Waals surface area contributed by atoms with E-state index in [4.69, 9.17) is 21.1 Å². The summed E-state index contributed by atoms with van der Waals surface area (Å²) < 4.78 is 12.9. The Morgan fingerprint density at radius 1 is 1.10 bits per heavy atom. The quantitative estimate of drug-likeness (QED) is 0.442. The van der Waals surface area contributed by atoms with Crippen molar-refractivity contribution in [1.29, 1.82) is 0 Å². The minimum atomic E-state index is -0.186. The lowest BCUT2D eigenvalue weighted by Crippen LogP contribution is -2.20. The van der Waals surface area contributed by atoms with Crippen molar-refractivity contribution in [3.05, 3.63) is 60.4 Å². The normalized spacial score (nSPS) is 11.7. The van der Waals surface area contributed by atoms with E-state index in [1.54, 1.807) is 48.7 Å². The second-order valence-electron chi connectivity index (χ2n) is 6.60. The topological polar surface area (TPSA) is 113 Å². The second-order valence-corrected chi connectivity index (χ2v) is 7.01. The van der Waals surface area contributed by atoms with E-state index in [9.17, 15) is 0 Å². The van der Waals surface area contributed by atoms with Crippen LogP contribution in [0.5, 0.6) is 11.5 Å². The molecule has 0 amide bonds. The molecule has 11 heteroatoms. The van der Waals surface area contributed by atoms with E-state index in [0.29, 0.717) is 29.0 Å². The van der Waals surface area contributed by atoms with Crippen molar-refractivity contribution in [1.82, 2.24) is 35.2 Å². The van der Waals surface area contributed by atoms with Crippen molar-refractivity contribution in [2.75, 3.05) is 12.4 Å². The molecule has 3 aromatic heterocycles. The van der Waals surface area contributed by atoms with E-state index in [0.717, 1.165) is 16.8 Å². The largest absolute Gasteiger partial charge is 0.493 e. The van der Waals surface area contributed by atoms with Gasteiger partial charge in [0, 0.05) is 24.2 Å². The molecular formula is C20H19ClN8O2. The highest BCUT2D eigenvalue weighted by Crippen LogP contribution is 2.31. The van der Waals surface area contributed by atoms with Crippen LogP contribution in [0.3, 0.4) is 0 Å². The summed E-state index contributed by atoms with van der Waals surface area (Å²) in [6.45, 7) is 2.41. The Bertz CT molecular complexity index is 1140. The molecule has 31 heavy (non-hydrogen) atoms. The van der Waals surface area contributed by atoms with Gasteiger partial charge in [0.1, 0.15) is 18.2 Å². The summed E-state index contributed by atoms with van der Waals surface area (Å²) in [5.74, 6) is 1.60. The maximum Gasteiger partial charge on any atom is 0.227 e. The molecule has 0 saturated carbocycles. The number of tetrazole rings is 1. The molecule has 0 bridgehead atoms. The predicted octanol–water partition coefficient (Wildman–Crippen LogP) is 3.40. The number of benzene rings is 1. The number of nitrogens with one attached hydrogen (secondary N) is 1. The third kappa shape index (κ3) is 5.04. The number of aromatic nitrogens is 7. The summed E-state index contributed by atoms with van der Waals surface area (Å²) >= 11 is 6.32. The predicted molar refractivity (Wildman–Crippen MR) is 114 cm³/mol. The lowest BCUT2D eigenvalue weighted by atomic mass is 10.1. The molecule has 0 radical (unpaired) electrons. The van der Waals surface area contributed by atoms with Gasteiger partial charge < -0.3 is 14.8 Å². The maximum absolute atomic E-state index is 6.32. The Kier molecular flexibility index (Phi) is 6.18. The average Bonchev–Trinajstić information content (AvgIpc) is 3.29. The summed E-state index contributed by atoms with van der Waals surface area (Å²) in [4.78, 5) is 12.8. The van der Waals surface area contributed by atoms with Crippen LogP contribution < -0.4 is 14.8 Å². The molecule has 0 fully saturated rings. The Hall–Kier alpha value is -3.79. The van der Waals surface area contributed by atoms with Gasteiger partial charge >= 0.3 is 0 Å². The Morgan fingerprint density at radius 2 is 1.94 bits per heavy atom. The minimum absolute atomic E-state index is 0.186. The number of methoxy groups -OCH3 is 1. The van der Waals surface area contributed by atoms with Crippen molar-refractivity contribution in [3.8, 4) is 22.6 Å². The zero-order valence-corrected chi connectivity index (χ0v) is 17.6. The van der Waals surface area contributed by atoms with Gasteiger partial charge in [0.15, 0.2) is 5.75 Å². The zero-order valence-electron chi connectivity index (χ0n) is 16.8. The standard InChI is InChI=1S/C20H19ClN8O2/c1-13(11-29-12-25-27-28-29)31-18-7-14(3-4-16(18)21)15-8-23-20(24-9-15)26-17-5-6-22-10-19(17)30-2/h3-10,12-13H,11H2,1-2H3,(H,22,23,24,26)/t13-/m0/s1. The average molecular weight is 439 g/mol. The molecule has 1 atom stereocenters. The third-order valence-electron chi connectivity index (χ3n) is 4.33. The van der Waals surface area contributed by atoms with Crippen LogP contribution >= 0.6 is 11.6 Å². The first-order valence-electron chi connectivity index (χ1n) is 9.37. The van der Waals surface area contributed by atoms with Crippen LogP contribution in [0.15, 0.2) is 55.4 Å². The highest BCUT2D eigenvalue weighted by Gasteiger charge is 2.12. The molecule has 0 spiro atoms. The molecule has 10 nitrogen and oxygen atoms in total. The summed E-state index contributed by atoms with van der Waals surface area (Å²) in [7, 11) is 1.58. The fourth-order valence-corrected chi connectivity index (χ4v) is 3.02. The molecule has 1 aromatic carbocycles. The molecule has 158 valence electrons. The van der Waals surface area contributed by atoms with Gasteiger partial charge in [-0.1, -0.05) is 17.7 Å². The molecule has 4 rings (SSSR count). The number of hydrogen-bond donors (Lipinski definition) is 1. The van der Waals surface area contributed by atoms with Crippen molar-refractivity contribution in [3.63, 3.8) is 0 Å². The first kappa shape index (κ1) is 20.5. The number of halogens is 1. The van der Waals surface area contributed by atoms with E-state index in [2.05, 4.69) is 35.8 Å².